The van der Waals surface area contributed by atoms with Crippen LogP contribution in [0.1, 0.15) is 6.92 Å². The lowest BCUT2D eigenvalue weighted by molar-refractivity contribution is 0.758. The van der Waals surface area contributed by atoms with Crippen molar-refractivity contribution in [3.63, 3.8) is 0 Å². The smallest absolute Gasteiger partial charge is 0.117 e. The molecular weight excluding hydrogens is 240 g/mol. The summed E-state index contributed by atoms with van der Waals surface area (Å²) < 4.78 is 0. The van der Waals surface area contributed by atoms with Crippen molar-refractivity contribution in [2.24, 2.45) is 5.92 Å². The van der Waals surface area contributed by atoms with Gasteiger partial charge in [0.15, 0.2) is 0 Å². The van der Waals surface area contributed by atoms with Crippen LogP contribution in [0.3, 0.4) is 0 Å². The van der Waals surface area contributed by atoms with Gasteiger partial charge in [0, 0.05) is 17.0 Å². The third-order valence-corrected chi connectivity index (χ3v) is 4.14. The van der Waals surface area contributed by atoms with Gasteiger partial charge in [-0.1, -0.05) is 25.1 Å². The molecule has 1 aromatic carbocycles. The van der Waals surface area contributed by atoms with Gasteiger partial charge in [-0.25, -0.2) is 9.97 Å². The average Bonchev–Trinajstić information content (AvgIpc) is 2.35. The van der Waals surface area contributed by atoms with Crippen molar-refractivity contribution >= 4 is 34.3 Å². The lowest BCUT2D eigenvalue weighted by Gasteiger charge is -2.07. The van der Waals surface area contributed by atoms with Gasteiger partial charge in [-0.05, 0) is 12.0 Å². The van der Waals surface area contributed by atoms with Gasteiger partial charge in [0.1, 0.15) is 11.4 Å². The number of hydrogen-bond acceptors (Lipinski definition) is 3. The topological polar surface area (TPSA) is 25.8 Å². The first-order valence-electron chi connectivity index (χ1n) is 5.19. The summed E-state index contributed by atoms with van der Waals surface area (Å²) in [4.78, 5) is 8.56. The van der Waals surface area contributed by atoms with Crippen LogP contribution in [-0.2, 0) is 0 Å². The molecule has 16 heavy (non-hydrogen) atoms. The number of thioether (sulfide) groups is 1. The molecule has 0 saturated carbocycles. The number of nitrogens with zero attached hydrogens (tertiary/aromatic N) is 2. The van der Waals surface area contributed by atoms with E-state index in [0.29, 0.717) is 11.8 Å². The normalized spacial score (nSPS) is 12.9. The average molecular weight is 253 g/mol. The highest BCUT2D eigenvalue weighted by molar-refractivity contribution is 7.99. The Bertz CT molecular complexity index is 470. The van der Waals surface area contributed by atoms with Gasteiger partial charge in [-0.3, -0.25) is 0 Å². The van der Waals surface area contributed by atoms with Crippen molar-refractivity contribution in [3.05, 3.63) is 30.6 Å². The molecule has 0 fully saturated rings. The molecule has 84 valence electrons. The van der Waals surface area contributed by atoms with Crippen LogP contribution in [0.4, 0.5) is 0 Å². The van der Waals surface area contributed by atoms with E-state index in [-0.39, 0.29) is 0 Å². The van der Waals surface area contributed by atoms with Crippen molar-refractivity contribution in [2.75, 3.05) is 11.6 Å². The molecule has 0 saturated heterocycles. The quantitative estimate of drug-likeness (QED) is 0.472. The molecule has 0 bridgehead atoms. The van der Waals surface area contributed by atoms with Gasteiger partial charge in [-0.2, -0.15) is 0 Å². The number of para-hydroxylation sites is 1. The molecule has 0 spiro atoms. The fourth-order valence-electron chi connectivity index (χ4n) is 1.36. The van der Waals surface area contributed by atoms with Gasteiger partial charge in [0.05, 0.1) is 5.52 Å². The van der Waals surface area contributed by atoms with Gasteiger partial charge < -0.3 is 0 Å². The van der Waals surface area contributed by atoms with Gasteiger partial charge >= 0.3 is 0 Å². The minimum absolute atomic E-state index is 0.500. The largest absolute Gasteiger partial charge is 0.236 e. The van der Waals surface area contributed by atoms with E-state index in [1.54, 1.807) is 18.1 Å². The van der Waals surface area contributed by atoms with Crippen LogP contribution in [0, 0.1) is 5.92 Å². The fraction of sp³-hybridized carbons (Fsp3) is 0.333. The van der Waals surface area contributed by atoms with Crippen molar-refractivity contribution in [3.8, 4) is 0 Å². The lowest BCUT2D eigenvalue weighted by atomic mass is 10.2. The molecule has 0 radical (unpaired) electrons. The predicted octanol–water partition coefficient (Wildman–Crippen LogP) is 3.60. The molecule has 1 unspecified atom stereocenters. The Morgan fingerprint density at radius 2 is 2.12 bits per heavy atom. The molecule has 1 aromatic heterocycles. The summed E-state index contributed by atoms with van der Waals surface area (Å²) in [5.41, 5.74) is 0.999. The van der Waals surface area contributed by atoms with E-state index >= 15 is 0 Å². The third kappa shape index (κ3) is 2.66. The Balaban J connectivity index is 2.23. The molecule has 2 aromatic rings. The zero-order valence-corrected chi connectivity index (χ0v) is 10.6. The summed E-state index contributed by atoms with van der Waals surface area (Å²) >= 11 is 7.54. The minimum atomic E-state index is 0.500. The molecule has 0 N–H and O–H groups in total. The second-order valence-electron chi connectivity index (χ2n) is 3.77. The van der Waals surface area contributed by atoms with Crippen LogP contribution in [0.2, 0.25) is 0 Å². The number of fused-ring (bicyclic) bond motifs is 1. The highest BCUT2D eigenvalue weighted by Crippen LogP contribution is 2.25. The molecule has 2 nitrogen and oxygen atoms in total. The van der Waals surface area contributed by atoms with Crippen molar-refractivity contribution < 1.29 is 0 Å². The highest BCUT2D eigenvalue weighted by Gasteiger charge is 2.06. The summed E-state index contributed by atoms with van der Waals surface area (Å²) in [6, 6.07) is 8.07. The summed E-state index contributed by atoms with van der Waals surface area (Å²) in [6.45, 7) is 2.14. The number of benzene rings is 1. The predicted molar refractivity (Wildman–Crippen MR) is 70.1 cm³/mol. The first kappa shape index (κ1) is 11.7. The summed E-state index contributed by atoms with van der Waals surface area (Å²) in [7, 11) is 0. The van der Waals surface area contributed by atoms with Crippen LogP contribution in [0.5, 0.6) is 0 Å². The SMILES string of the molecule is CC(CCl)CSc1ncnc2ccccc12. The van der Waals surface area contributed by atoms with Crippen LogP contribution in [0.25, 0.3) is 10.9 Å². The maximum absolute atomic E-state index is 5.79. The molecule has 0 aliphatic rings. The Kier molecular flexibility index (Phi) is 4.02. The second kappa shape index (κ2) is 5.51. The number of alkyl halides is 1. The fourth-order valence-corrected chi connectivity index (χ4v) is 2.61. The molecule has 1 atom stereocenters. The number of aromatic nitrogens is 2. The van der Waals surface area contributed by atoms with Crippen LogP contribution in [0.15, 0.2) is 35.6 Å². The Labute approximate surface area is 104 Å². The number of rotatable bonds is 4. The van der Waals surface area contributed by atoms with Crippen molar-refractivity contribution in [1.29, 1.82) is 0 Å². The monoisotopic (exact) mass is 252 g/mol. The van der Waals surface area contributed by atoms with E-state index in [0.717, 1.165) is 21.7 Å². The van der Waals surface area contributed by atoms with E-state index in [9.17, 15) is 0 Å². The number of halogens is 1. The van der Waals surface area contributed by atoms with E-state index in [1.165, 1.54) is 0 Å². The molecular formula is C12H13ClN2S. The number of hydrogen-bond donors (Lipinski definition) is 0. The first-order chi connectivity index (χ1) is 7.81. The maximum atomic E-state index is 5.79. The maximum Gasteiger partial charge on any atom is 0.117 e. The zero-order chi connectivity index (χ0) is 11.4. The second-order valence-corrected chi connectivity index (χ2v) is 5.08. The molecule has 0 aliphatic carbocycles. The molecule has 0 aliphatic heterocycles. The Morgan fingerprint density at radius 3 is 2.94 bits per heavy atom. The van der Waals surface area contributed by atoms with E-state index in [1.807, 2.05) is 18.2 Å². The van der Waals surface area contributed by atoms with Crippen LogP contribution < -0.4 is 0 Å². The molecule has 1 heterocycles. The van der Waals surface area contributed by atoms with Gasteiger partial charge in [-0.15, -0.1) is 23.4 Å². The standard InChI is InChI=1S/C12H13ClN2S/c1-9(6-13)7-16-12-10-4-2-3-5-11(10)14-8-15-12/h2-5,8-9H,6-7H2,1H3. The van der Waals surface area contributed by atoms with Crippen molar-refractivity contribution in [1.82, 2.24) is 9.97 Å². The summed E-state index contributed by atoms with van der Waals surface area (Å²) in [5, 5.41) is 2.17. The van der Waals surface area contributed by atoms with Crippen LogP contribution in [-0.4, -0.2) is 21.6 Å². The minimum Gasteiger partial charge on any atom is -0.236 e. The highest BCUT2D eigenvalue weighted by atomic mass is 35.5. The van der Waals surface area contributed by atoms with Gasteiger partial charge in [0.25, 0.3) is 0 Å². The Morgan fingerprint density at radius 1 is 1.31 bits per heavy atom. The Hall–Kier alpha value is -0.800. The van der Waals surface area contributed by atoms with E-state index in [4.69, 9.17) is 11.6 Å². The molecule has 0 amide bonds. The molecule has 2 rings (SSSR count). The van der Waals surface area contributed by atoms with Crippen molar-refractivity contribution in [2.45, 2.75) is 11.9 Å². The molecule has 4 heteroatoms. The third-order valence-electron chi connectivity index (χ3n) is 2.27. The summed E-state index contributed by atoms with van der Waals surface area (Å²) in [5.74, 6) is 2.18. The van der Waals surface area contributed by atoms with Gasteiger partial charge in [0.2, 0.25) is 0 Å². The zero-order valence-electron chi connectivity index (χ0n) is 9.06. The van der Waals surface area contributed by atoms with E-state index in [2.05, 4.69) is 23.0 Å². The first-order valence-corrected chi connectivity index (χ1v) is 6.71. The van der Waals surface area contributed by atoms with E-state index < -0.39 is 0 Å². The lowest BCUT2D eigenvalue weighted by Crippen LogP contribution is -1.99. The van der Waals surface area contributed by atoms with Crippen LogP contribution >= 0.6 is 23.4 Å². The summed E-state index contributed by atoms with van der Waals surface area (Å²) in [6.07, 6.45) is 1.62.